The van der Waals surface area contributed by atoms with Gasteiger partial charge in [-0.25, -0.2) is 4.98 Å². The Balaban J connectivity index is 2.07. The van der Waals surface area contributed by atoms with Crippen LogP contribution in [0, 0.1) is 0 Å². The van der Waals surface area contributed by atoms with E-state index < -0.39 is 0 Å². The molecular formula is C12H9BrN2S. The van der Waals surface area contributed by atoms with Crippen molar-refractivity contribution in [3.63, 3.8) is 0 Å². The van der Waals surface area contributed by atoms with Gasteiger partial charge in [0, 0.05) is 9.35 Å². The maximum Gasteiger partial charge on any atom is 0.0961 e. The number of thiophene rings is 1. The van der Waals surface area contributed by atoms with E-state index in [1.807, 2.05) is 18.5 Å². The zero-order valence-electron chi connectivity index (χ0n) is 8.43. The number of hydrogen-bond acceptors (Lipinski definition) is 2. The quantitative estimate of drug-likeness (QED) is 0.700. The van der Waals surface area contributed by atoms with Crippen molar-refractivity contribution in [2.75, 3.05) is 0 Å². The highest BCUT2D eigenvalue weighted by Gasteiger charge is 2.03. The molecule has 0 bridgehead atoms. The van der Waals surface area contributed by atoms with Gasteiger partial charge in [0.25, 0.3) is 0 Å². The summed E-state index contributed by atoms with van der Waals surface area (Å²) >= 11 is 5.26. The normalized spacial score (nSPS) is 11.1. The summed E-state index contributed by atoms with van der Waals surface area (Å²) in [7, 11) is 0. The van der Waals surface area contributed by atoms with Crippen LogP contribution in [0.5, 0.6) is 0 Å². The second-order valence-corrected chi connectivity index (χ2v) is 5.53. The molecule has 0 spiro atoms. The first-order chi connectivity index (χ1) is 7.83. The summed E-state index contributed by atoms with van der Waals surface area (Å²) in [4.78, 5) is 5.73. The van der Waals surface area contributed by atoms with Crippen molar-refractivity contribution in [2.45, 2.75) is 6.54 Å². The van der Waals surface area contributed by atoms with Crippen LogP contribution in [0.15, 0.2) is 46.5 Å². The molecule has 2 heterocycles. The highest BCUT2D eigenvalue weighted by molar-refractivity contribution is 9.10. The van der Waals surface area contributed by atoms with Crippen molar-refractivity contribution < 1.29 is 0 Å². The zero-order valence-corrected chi connectivity index (χ0v) is 10.8. The third kappa shape index (κ3) is 1.79. The Morgan fingerprint density at radius 2 is 2.25 bits per heavy atom. The summed E-state index contributed by atoms with van der Waals surface area (Å²) < 4.78 is 3.26. The Kier molecular flexibility index (Phi) is 2.53. The first-order valence-electron chi connectivity index (χ1n) is 4.96. The Hall–Kier alpha value is -1.13. The molecule has 0 saturated heterocycles. The minimum absolute atomic E-state index is 0.893. The van der Waals surface area contributed by atoms with Crippen molar-refractivity contribution in [2.24, 2.45) is 0 Å². The first-order valence-corrected chi connectivity index (χ1v) is 6.63. The molecule has 4 heteroatoms. The van der Waals surface area contributed by atoms with Gasteiger partial charge >= 0.3 is 0 Å². The van der Waals surface area contributed by atoms with Gasteiger partial charge in [-0.2, -0.15) is 0 Å². The maximum absolute atomic E-state index is 4.39. The van der Waals surface area contributed by atoms with Gasteiger partial charge < -0.3 is 4.57 Å². The van der Waals surface area contributed by atoms with Crippen LogP contribution in [-0.4, -0.2) is 9.55 Å². The fourth-order valence-electron chi connectivity index (χ4n) is 1.73. The number of benzene rings is 1. The number of fused-ring (bicyclic) bond motifs is 1. The van der Waals surface area contributed by atoms with E-state index in [4.69, 9.17) is 0 Å². The highest BCUT2D eigenvalue weighted by atomic mass is 79.9. The molecule has 0 atom stereocenters. The Morgan fingerprint density at radius 3 is 3.06 bits per heavy atom. The van der Waals surface area contributed by atoms with E-state index in [0.717, 1.165) is 16.5 Å². The molecule has 16 heavy (non-hydrogen) atoms. The lowest BCUT2D eigenvalue weighted by Crippen LogP contribution is -1.95. The number of hydrogen-bond donors (Lipinski definition) is 0. The van der Waals surface area contributed by atoms with Gasteiger partial charge in [-0.15, -0.1) is 11.3 Å². The molecule has 2 aromatic heterocycles. The summed E-state index contributed by atoms with van der Waals surface area (Å²) in [6, 6.07) is 10.4. The molecule has 0 N–H and O–H groups in total. The van der Waals surface area contributed by atoms with Crippen LogP contribution in [0.1, 0.15) is 4.88 Å². The lowest BCUT2D eigenvalue weighted by molar-refractivity contribution is 0.838. The first kappa shape index (κ1) is 10.1. The highest BCUT2D eigenvalue weighted by Crippen LogP contribution is 2.20. The average molecular weight is 293 g/mol. The molecule has 0 unspecified atom stereocenters. The van der Waals surface area contributed by atoms with E-state index in [1.165, 1.54) is 10.4 Å². The number of aromatic nitrogens is 2. The van der Waals surface area contributed by atoms with E-state index in [9.17, 15) is 0 Å². The van der Waals surface area contributed by atoms with E-state index in [1.54, 1.807) is 11.3 Å². The fourth-order valence-corrected chi connectivity index (χ4v) is 2.78. The van der Waals surface area contributed by atoms with Crippen LogP contribution in [0.2, 0.25) is 0 Å². The summed E-state index contributed by atoms with van der Waals surface area (Å²) in [5.74, 6) is 0. The lowest BCUT2D eigenvalue weighted by atomic mass is 10.3. The molecule has 1 aromatic carbocycles. The van der Waals surface area contributed by atoms with Crippen LogP contribution in [0.4, 0.5) is 0 Å². The number of halogens is 1. The van der Waals surface area contributed by atoms with E-state index >= 15 is 0 Å². The SMILES string of the molecule is Brc1ccc2ncn(Cc3cccs3)c2c1. The third-order valence-electron chi connectivity index (χ3n) is 2.49. The van der Waals surface area contributed by atoms with Crippen LogP contribution >= 0.6 is 27.3 Å². The van der Waals surface area contributed by atoms with Gasteiger partial charge in [0.05, 0.1) is 23.9 Å². The Bertz CT molecular complexity index is 613. The largest absolute Gasteiger partial charge is 0.325 e. The van der Waals surface area contributed by atoms with Crippen molar-refractivity contribution >= 4 is 38.3 Å². The molecule has 2 nitrogen and oxygen atoms in total. The summed E-state index contributed by atoms with van der Waals surface area (Å²) in [6.07, 6.45) is 1.90. The standard InChI is InChI=1S/C12H9BrN2S/c13-9-3-4-11-12(6-9)15(8-14-11)7-10-2-1-5-16-10/h1-6,8H,7H2. The minimum atomic E-state index is 0.893. The molecule has 3 rings (SSSR count). The van der Waals surface area contributed by atoms with Gasteiger partial charge in [-0.3, -0.25) is 0 Å². The van der Waals surface area contributed by atoms with Gasteiger partial charge in [0.1, 0.15) is 0 Å². The Labute approximate surface area is 106 Å². The van der Waals surface area contributed by atoms with Crippen molar-refractivity contribution in [3.8, 4) is 0 Å². The molecule has 0 amide bonds. The van der Waals surface area contributed by atoms with E-state index in [-0.39, 0.29) is 0 Å². The second kappa shape index (κ2) is 4.03. The maximum atomic E-state index is 4.39. The van der Waals surface area contributed by atoms with Gasteiger partial charge in [-0.05, 0) is 29.6 Å². The second-order valence-electron chi connectivity index (χ2n) is 3.58. The fraction of sp³-hybridized carbons (Fsp3) is 0.0833. The molecule has 80 valence electrons. The molecule has 0 aliphatic rings. The molecule has 3 aromatic rings. The Morgan fingerprint density at radius 1 is 1.31 bits per heavy atom. The molecular weight excluding hydrogens is 284 g/mol. The molecule has 0 radical (unpaired) electrons. The van der Waals surface area contributed by atoms with Crippen molar-refractivity contribution in [3.05, 3.63) is 51.4 Å². The van der Waals surface area contributed by atoms with Crippen LogP contribution in [-0.2, 0) is 6.54 Å². The number of rotatable bonds is 2. The summed E-state index contributed by atoms with van der Waals surface area (Å²) in [5.41, 5.74) is 2.21. The van der Waals surface area contributed by atoms with Crippen LogP contribution < -0.4 is 0 Å². The lowest BCUT2D eigenvalue weighted by Gasteiger charge is -2.01. The molecule has 0 aliphatic carbocycles. The smallest absolute Gasteiger partial charge is 0.0961 e. The molecule has 0 fully saturated rings. The van der Waals surface area contributed by atoms with Crippen LogP contribution in [0.3, 0.4) is 0 Å². The van der Waals surface area contributed by atoms with Gasteiger partial charge in [-0.1, -0.05) is 22.0 Å². The van der Waals surface area contributed by atoms with E-state index in [2.05, 4.69) is 49.1 Å². The predicted octanol–water partition coefficient (Wildman–Crippen LogP) is 3.91. The number of imidazole rings is 1. The molecule has 0 aliphatic heterocycles. The van der Waals surface area contributed by atoms with Gasteiger partial charge in [0.15, 0.2) is 0 Å². The number of nitrogens with zero attached hydrogens (tertiary/aromatic N) is 2. The zero-order chi connectivity index (χ0) is 11.0. The topological polar surface area (TPSA) is 17.8 Å². The van der Waals surface area contributed by atoms with E-state index in [0.29, 0.717) is 0 Å². The monoisotopic (exact) mass is 292 g/mol. The molecule has 0 saturated carbocycles. The predicted molar refractivity (Wildman–Crippen MR) is 70.9 cm³/mol. The average Bonchev–Trinajstić information content (AvgIpc) is 2.90. The van der Waals surface area contributed by atoms with Crippen LogP contribution in [0.25, 0.3) is 11.0 Å². The van der Waals surface area contributed by atoms with Crippen molar-refractivity contribution in [1.82, 2.24) is 9.55 Å². The minimum Gasteiger partial charge on any atom is -0.325 e. The summed E-state index contributed by atoms with van der Waals surface area (Å²) in [6.45, 7) is 0.893. The van der Waals surface area contributed by atoms with Crippen molar-refractivity contribution in [1.29, 1.82) is 0 Å². The van der Waals surface area contributed by atoms with Gasteiger partial charge in [0.2, 0.25) is 0 Å². The summed E-state index contributed by atoms with van der Waals surface area (Å²) in [5, 5.41) is 2.10. The third-order valence-corrected chi connectivity index (χ3v) is 3.84.